The SMILES string of the molecule is Cc1noc(-c2cc3cc(CC(F)(F)F)cc(F)c3nc2N2CCC(NC3CCOCC3)CC2)n1. The van der Waals surface area contributed by atoms with Crippen molar-refractivity contribution in [2.45, 2.75) is 57.3 Å². The molecule has 0 atom stereocenters. The number of benzene rings is 1. The first-order chi connectivity index (χ1) is 16.7. The number of alkyl halides is 3. The fourth-order valence-corrected chi connectivity index (χ4v) is 4.89. The Kier molecular flexibility index (Phi) is 6.63. The second-order valence-electron chi connectivity index (χ2n) is 9.26. The molecule has 2 aliphatic rings. The van der Waals surface area contributed by atoms with Crippen LogP contribution >= 0.6 is 0 Å². The molecule has 0 spiro atoms. The maximum atomic E-state index is 14.9. The third-order valence-electron chi connectivity index (χ3n) is 6.56. The van der Waals surface area contributed by atoms with Gasteiger partial charge in [0.1, 0.15) is 17.2 Å². The smallest absolute Gasteiger partial charge is 0.381 e. The van der Waals surface area contributed by atoms with Crippen LogP contribution in [0.1, 0.15) is 37.1 Å². The van der Waals surface area contributed by atoms with Gasteiger partial charge in [-0.05, 0) is 56.4 Å². The number of nitrogens with one attached hydrogen (secondary N) is 1. The summed E-state index contributed by atoms with van der Waals surface area (Å²) >= 11 is 0. The van der Waals surface area contributed by atoms with Crippen molar-refractivity contribution in [1.82, 2.24) is 20.4 Å². The van der Waals surface area contributed by atoms with Crippen molar-refractivity contribution >= 4 is 16.7 Å². The predicted molar refractivity (Wildman–Crippen MR) is 122 cm³/mol. The van der Waals surface area contributed by atoms with E-state index in [0.29, 0.717) is 42.4 Å². The summed E-state index contributed by atoms with van der Waals surface area (Å²) in [5.74, 6) is 0.332. The lowest BCUT2D eigenvalue weighted by Crippen LogP contribution is -2.48. The van der Waals surface area contributed by atoms with E-state index < -0.39 is 18.4 Å². The number of fused-ring (bicyclic) bond motifs is 1. The Hall–Kier alpha value is -2.79. The minimum absolute atomic E-state index is 0.0216. The fraction of sp³-hybridized carbons (Fsp3) is 0.542. The number of anilines is 1. The van der Waals surface area contributed by atoms with Gasteiger partial charge in [0.15, 0.2) is 5.82 Å². The van der Waals surface area contributed by atoms with Gasteiger partial charge in [-0.3, -0.25) is 0 Å². The van der Waals surface area contributed by atoms with Crippen LogP contribution in [-0.4, -0.2) is 59.7 Å². The lowest BCUT2D eigenvalue weighted by atomic mass is 10.00. The number of hydrogen-bond donors (Lipinski definition) is 1. The first-order valence-electron chi connectivity index (χ1n) is 11.8. The van der Waals surface area contributed by atoms with E-state index >= 15 is 0 Å². The van der Waals surface area contributed by atoms with Gasteiger partial charge in [-0.15, -0.1) is 0 Å². The van der Waals surface area contributed by atoms with Gasteiger partial charge in [-0.2, -0.15) is 18.2 Å². The van der Waals surface area contributed by atoms with Gasteiger partial charge in [-0.1, -0.05) is 5.16 Å². The van der Waals surface area contributed by atoms with Crippen LogP contribution in [0, 0.1) is 12.7 Å². The van der Waals surface area contributed by atoms with Crippen LogP contribution in [0.5, 0.6) is 0 Å². The molecule has 1 N–H and O–H groups in total. The zero-order chi connectivity index (χ0) is 24.6. The van der Waals surface area contributed by atoms with Crippen molar-refractivity contribution in [3.63, 3.8) is 0 Å². The molecule has 4 heterocycles. The molecule has 0 amide bonds. The molecule has 188 valence electrons. The van der Waals surface area contributed by atoms with Gasteiger partial charge in [0.2, 0.25) is 0 Å². The maximum absolute atomic E-state index is 14.9. The molecule has 0 aliphatic carbocycles. The Labute approximate surface area is 199 Å². The summed E-state index contributed by atoms with van der Waals surface area (Å²) in [6.45, 7) is 4.61. The molecular weight excluding hydrogens is 466 g/mol. The molecule has 2 aromatic heterocycles. The number of nitrogens with zero attached hydrogens (tertiary/aromatic N) is 4. The first kappa shape index (κ1) is 23.9. The highest BCUT2D eigenvalue weighted by molar-refractivity contribution is 5.88. The van der Waals surface area contributed by atoms with Gasteiger partial charge in [0.05, 0.1) is 12.0 Å². The second-order valence-corrected chi connectivity index (χ2v) is 9.26. The number of piperidine rings is 1. The molecule has 0 radical (unpaired) electrons. The summed E-state index contributed by atoms with van der Waals surface area (Å²) in [7, 11) is 0. The number of hydrogen-bond acceptors (Lipinski definition) is 7. The van der Waals surface area contributed by atoms with Crippen molar-refractivity contribution in [1.29, 1.82) is 0 Å². The van der Waals surface area contributed by atoms with Crippen molar-refractivity contribution in [2.24, 2.45) is 0 Å². The third kappa shape index (κ3) is 5.56. The van der Waals surface area contributed by atoms with Gasteiger partial charge in [0, 0.05) is 43.8 Å². The molecule has 11 heteroatoms. The average Bonchev–Trinajstić information content (AvgIpc) is 3.25. The molecule has 1 aromatic carbocycles. The zero-order valence-electron chi connectivity index (χ0n) is 19.4. The fourth-order valence-electron chi connectivity index (χ4n) is 4.89. The van der Waals surface area contributed by atoms with E-state index in [1.165, 1.54) is 6.07 Å². The van der Waals surface area contributed by atoms with E-state index in [9.17, 15) is 17.6 Å². The Morgan fingerprint density at radius 2 is 1.74 bits per heavy atom. The normalized spacial score (nSPS) is 18.5. The number of pyridine rings is 1. The molecule has 2 fully saturated rings. The summed E-state index contributed by atoms with van der Waals surface area (Å²) < 4.78 is 64.5. The monoisotopic (exact) mass is 493 g/mol. The van der Waals surface area contributed by atoms with Crippen LogP contribution < -0.4 is 10.2 Å². The van der Waals surface area contributed by atoms with Crippen LogP contribution in [0.25, 0.3) is 22.4 Å². The van der Waals surface area contributed by atoms with Crippen molar-refractivity contribution in [3.8, 4) is 11.5 Å². The highest BCUT2D eigenvalue weighted by Crippen LogP contribution is 2.35. The van der Waals surface area contributed by atoms with Crippen molar-refractivity contribution in [2.75, 3.05) is 31.2 Å². The van der Waals surface area contributed by atoms with E-state index in [-0.39, 0.29) is 22.4 Å². The Balaban J connectivity index is 1.44. The third-order valence-corrected chi connectivity index (χ3v) is 6.56. The van der Waals surface area contributed by atoms with Gasteiger partial charge in [0.25, 0.3) is 5.89 Å². The van der Waals surface area contributed by atoms with Gasteiger partial charge in [-0.25, -0.2) is 9.37 Å². The van der Waals surface area contributed by atoms with E-state index in [2.05, 4.69) is 25.3 Å². The minimum atomic E-state index is -4.44. The van der Waals surface area contributed by atoms with Crippen LogP contribution in [-0.2, 0) is 11.2 Å². The molecular formula is C24H27F4N5O2. The van der Waals surface area contributed by atoms with Crippen LogP contribution in [0.3, 0.4) is 0 Å². The molecule has 0 bridgehead atoms. The summed E-state index contributed by atoms with van der Waals surface area (Å²) in [5, 5.41) is 7.83. The molecule has 2 saturated heterocycles. The van der Waals surface area contributed by atoms with Gasteiger partial charge < -0.3 is 19.5 Å². The molecule has 2 aliphatic heterocycles. The number of halogens is 4. The molecule has 35 heavy (non-hydrogen) atoms. The number of rotatable bonds is 5. The van der Waals surface area contributed by atoms with Crippen LogP contribution in [0.2, 0.25) is 0 Å². The second kappa shape index (κ2) is 9.69. The quantitative estimate of drug-likeness (QED) is 0.522. The first-order valence-corrected chi connectivity index (χ1v) is 11.8. The largest absolute Gasteiger partial charge is 0.393 e. The lowest BCUT2D eigenvalue weighted by molar-refractivity contribution is -0.127. The van der Waals surface area contributed by atoms with E-state index in [4.69, 9.17) is 9.26 Å². The highest BCUT2D eigenvalue weighted by atomic mass is 19.4. The highest BCUT2D eigenvalue weighted by Gasteiger charge is 2.30. The van der Waals surface area contributed by atoms with Crippen LogP contribution in [0.15, 0.2) is 22.7 Å². The molecule has 7 nitrogen and oxygen atoms in total. The van der Waals surface area contributed by atoms with E-state index in [1.807, 2.05) is 0 Å². The van der Waals surface area contributed by atoms with E-state index in [0.717, 1.165) is 45.0 Å². The zero-order valence-corrected chi connectivity index (χ0v) is 19.4. The Morgan fingerprint density at radius 3 is 2.40 bits per heavy atom. The van der Waals surface area contributed by atoms with E-state index in [1.54, 1.807) is 13.0 Å². The predicted octanol–water partition coefficient (Wildman–Crippen LogP) is 4.57. The Bertz CT molecular complexity index is 1180. The molecule has 0 saturated carbocycles. The topological polar surface area (TPSA) is 76.3 Å². The Morgan fingerprint density at radius 1 is 1.03 bits per heavy atom. The average molecular weight is 494 g/mol. The molecule has 0 unspecified atom stereocenters. The number of ether oxygens (including phenoxy) is 1. The van der Waals surface area contributed by atoms with Crippen molar-refractivity contribution < 1.29 is 26.8 Å². The summed E-state index contributed by atoms with van der Waals surface area (Å²) in [5.41, 5.74) is 0.343. The summed E-state index contributed by atoms with van der Waals surface area (Å²) in [4.78, 5) is 10.9. The maximum Gasteiger partial charge on any atom is 0.393 e. The number of aryl methyl sites for hydroxylation is 1. The molecule has 3 aromatic rings. The molecule has 5 rings (SSSR count). The van der Waals surface area contributed by atoms with Gasteiger partial charge >= 0.3 is 6.18 Å². The van der Waals surface area contributed by atoms with Crippen molar-refractivity contribution in [3.05, 3.63) is 35.4 Å². The number of aromatic nitrogens is 3. The standard InChI is InChI=1S/C24H27F4N5O2/c1-14-29-23(35-32-14)19-12-16-10-15(13-24(26,27)28)11-20(25)21(16)31-22(19)33-6-2-17(3-7-33)30-18-4-8-34-9-5-18/h10-12,17-18,30H,2-9,13H2,1H3. The van der Waals surface area contributed by atoms with Crippen LogP contribution in [0.4, 0.5) is 23.4 Å². The summed E-state index contributed by atoms with van der Waals surface area (Å²) in [6, 6.07) is 4.65. The lowest BCUT2D eigenvalue weighted by Gasteiger charge is -2.36. The minimum Gasteiger partial charge on any atom is -0.381 e. The summed E-state index contributed by atoms with van der Waals surface area (Å²) in [6.07, 6.45) is -1.89.